The summed E-state index contributed by atoms with van der Waals surface area (Å²) in [6.07, 6.45) is 7.10. The van der Waals surface area contributed by atoms with Gasteiger partial charge >= 0.3 is 5.97 Å². The molecule has 3 rings (SSSR count). The maximum atomic E-state index is 11.5. The summed E-state index contributed by atoms with van der Waals surface area (Å²) in [6, 6.07) is 0. The van der Waals surface area contributed by atoms with Crippen molar-refractivity contribution in [1.29, 1.82) is 0 Å². The first-order valence-corrected chi connectivity index (χ1v) is 6.75. The van der Waals surface area contributed by atoms with Crippen LogP contribution in [0.5, 0.6) is 0 Å². The first kappa shape index (κ1) is 11.9. The van der Waals surface area contributed by atoms with E-state index >= 15 is 0 Å². The van der Waals surface area contributed by atoms with Gasteiger partial charge in [0.2, 0.25) is 0 Å². The highest BCUT2D eigenvalue weighted by Gasteiger charge is 2.10. The summed E-state index contributed by atoms with van der Waals surface area (Å²) in [4.78, 5) is 16.9. The van der Waals surface area contributed by atoms with Crippen molar-refractivity contribution in [2.45, 2.75) is 13.5 Å². The Kier molecular flexibility index (Phi) is 3.04. The van der Waals surface area contributed by atoms with Crippen LogP contribution in [0, 0.1) is 0 Å². The number of ether oxygens (including phenoxy) is 1. The molecule has 0 bridgehead atoms. The molecule has 6 nitrogen and oxygen atoms in total. The van der Waals surface area contributed by atoms with Crippen LogP contribution in [0.4, 0.5) is 0 Å². The monoisotopic (exact) mass is 276 g/mol. The van der Waals surface area contributed by atoms with E-state index in [1.54, 1.807) is 29.1 Å². The fourth-order valence-corrected chi connectivity index (χ4v) is 2.51. The van der Waals surface area contributed by atoms with E-state index < -0.39 is 0 Å². The predicted molar refractivity (Wildman–Crippen MR) is 70.4 cm³/mol. The number of thiazole rings is 1. The fraction of sp³-hybridized carbons (Fsp3) is 0.250. The van der Waals surface area contributed by atoms with Gasteiger partial charge in [-0.05, 0) is 6.92 Å². The van der Waals surface area contributed by atoms with Gasteiger partial charge in [0.05, 0.1) is 30.6 Å². The maximum absolute atomic E-state index is 11.5. The van der Waals surface area contributed by atoms with Crippen LogP contribution in [-0.2, 0) is 11.3 Å². The molecule has 0 fully saturated rings. The summed E-state index contributed by atoms with van der Waals surface area (Å²) in [7, 11) is 0. The molecule has 0 N–H and O–H groups in total. The first-order chi connectivity index (χ1) is 9.26. The number of carbonyl (C=O) groups excluding carboxylic acids is 1. The van der Waals surface area contributed by atoms with E-state index in [1.807, 2.05) is 22.2 Å². The molecule has 0 spiro atoms. The molecule has 3 aromatic heterocycles. The summed E-state index contributed by atoms with van der Waals surface area (Å²) in [5.74, 6) is -0.348. The number of aromatic nitrogens is 4. The van der Waals surface area contributed by atoms with E-state index in [0.717, 1.165) is 10.7 Å². The van der Waals surface area contributed by atoms with Crippen molar-refractivity contribution in [3.63, 3.8) is 0 Å². The van der Waals surface area contributed by atoms with Crippen molar-refractivity contribution in [1.82, 2.24) is 19.2 Å². The smallest absolute Gasteiger partial charge is 0.341 e. The van der Waals surface area contributed by atoms with Crippen LogP contribution in [0.1, 0.15) is 23.0 Å². The minimum atomic E-state index is -0.348. The van der Waals surface area contributed by atoms with Gasteiger partial charge in [-0.25, -0.2) is 9.78 Å². The number of hydrogen-bond acceptors (Lipinski definition) is 5. The van der Waals surface area contributed by atoms with E-state index in [-0.39, 0.29) is 5.97 Å². The average molecular weight is 276 g/mol. The maximum Gasteiger partial charge on any atom is 0.341 e. The molecule has 0 aromatic carbocycles. The lowest BCUT2D eigenvalue weighted by Gasteiger charge is -1.97. The molecule has 0 aliphatic carbocycles. The number of carbonyl (C=O) groups is 1. The van der Waals surface area contributed by atoms with Gasteiger partial charge in [-0.15, -0.1) is 11.3 Å². The summed E-state index contributed by atoms with van der Waals surface area (Å²) >= 11 is 1.58. The van der Waals surface area contributed by atoms with E-state index in [9.17, 15) is 4.79 Å². The molecule has 0 aliphatic heterocycles. The Morgan fingerprint density at radius 1 is 1.47 bits per heavy atom. The predicted octanol–water partition coefficient (Wildman–Crippen LogP) is 1.82. The van der Waals surface area contributed by atoms with Crippen molar-refractivity contribution in [3.05, 3.63) is 41.4 Å². The molecule has 0 saturated carbocycles. The molecule has 3 heterocycles. The normalized spacial score (nSPS) is 11.0. The second-order valence-corrected chi connectivity index (χ2v) is 4.85. The Morgan fingerprint density at radius 3 is 3.16 bits per heavy atom. The summed E-state index contributed by atoms with van der Waals surface area (Å²) in [6.45, 7) is 2.68. The molecule has 0 atom stereocenters. The summed E-state index contributed by atoms with van der Waals surface area (Å²) < 4.78 is 8.56. The number of imidazole rings is 1. The van der Waals surface area contributed by atoms with Crippen LogP contribution >= 0.6 is 11.3 Å². The summed E-state index contributed by atoms with van der Waals surface area (Å²) in [5.41, 5.74) is 1.37. The molecule has 3 aromatic rings. The highest BCUT2D eigenvalue weighted by Crippen LogP contribution is 2.12. The van der Waals surface area contributed by atoms with Gasteiger partial charge in [-0.2, -0.15) is 5.10 Å². The lowest BCUT2D eigenvalue weighted by Crippen LogP contribution is -2.04. The van der Waals surface area contributed by atoms with Gasteiger partial charge in [0, 0.05) is 24.0 Å². The van der Waals surface area contributed by atoms with Crippen molar-refractivity contribution >= 4 is 22.3 Å². The second-order valence-electron chi connectivity index (χ2n) is 3.97. The quantitative estimate of drug-likeness (QED) is 0.682. The number of hydrogen-bond donors (Lipinski definition) is 0. The zero-order chi connectivity index (χ0) is 13.2. The molecule has 7 heteroatoms. The molecule has 0 unspecified atom stereocenters. The van der Waals surface area contributed by atoms with Crippen LogP contribution in [0.25, 0.3) is 4.96 Å². The molecule has 98 valence electrons. The molecule has 0 saturated heterocycles. The number of esters is 1. The Hall–Kier alpha value is -2.15. The summed E-state index contributed by atoms with van der Waals surface area (Å²) in [5, 5.41) is 6.12. The SMILES string of the molecule is CCOC(=O)c1cnn(Cc2cn3ccsc3n2)c1. The second kappa shape index (κ2) is 4.85. The molecule has 0 amide bonds. The van der Waals surface area contributed by atoms with E-state index in [4.69, 9.17) is 4.74 Å². The van der Waals surface area contributed by atoms with Gasteiger partial charge in [0.25, 0.3) is 0 Å². The van der Waals surface area contributed by atoms with Crippen LogP contribution in [0.3, 0.4) is 0 Å². The number of rotatable bonds is 4. The van der Waals surface area contributed by atoms with Crippen molar-refractivity contribution in [2.75, 3.05) is 6.61 Å². The number of nitrogens with zero attached hydrogens (tertiary/aromatic N) is 4. The fourth-order valence-electron chi connectivity index (χ4n) is 1.79. The third-order valence-corrected chi connectivity index (χ3v) is 3.38. The molecule has 0 aliphatic rings. The highest BCUT2D eigenvalue weighted by molar-refractivity contribution is 7.15. The zero-order valence-corrected chi connectivity index (χ0v) is 11.1. The van der Waals surface area contributed by atoms with Crippen LogP contribution in [-0.4, -0.2) is 31.7 Å². The zero-order valence-electron chi connectivity index (χ0n) is 10.3. The van der Waals surface area contributed by atoms with Gasteiger partial charge in [-0.3, -0.25) is 9.08 Å². The Bertz CT molecular complexity index is 684. The molecular weight excluding hydrogens is 264 g/mol. The number of fused-ring (bicyclic) bond motifs is 1. The average Bonchev–Trinajstić information content (AvgIpc) is 3.04. The highest BCUT2D eigenvalue weighted by atomic mass is 32.1. The van der Waals surface area contributed by atoms with Crippen molar-refractivity contribution in [3.8, 4) is 0 Å². The van der Waals surface area contributed by atoms with E-state index in [1.165, 1.54) is 6.20 Å². The van der Waals surface area contributed by atoms with Crippen molar-refractivity contribution in [2.24, 2.45) is 0 Å². The van der Waals surface area contributed by atoms with Gasteiger partial charge in [-0.1, -0.05) is 0 Å². The minimum Gasteiger partial charge on any atom is -0.462 e. The lowest BCUT2D eigenvalue weighted by molar-refractivity contribution is 0.0526. The van der Waals surface area contributed by atoms with E-state index in [0.29, 0.717) is 18.7 Å². The largest absolute Gasteiger partial charge is 0.462 e. The minimum absolute atomic E-state index is 0.348. The van der Waals surface area contributed by atoms with Crippen LogP contribution < -0.4 is 0 Å². The lowest BCUT2D eigenvalue weighted by atomic mass is 10.4. The molecular formula is C12H12N4O2S. The topological polar surface area (TPSA) is 61.4 Å². The van der Waals surface area contributed by atoms with Gasteiger partial charge in [0.1, 0.15) is 0 Å². The van der Waals surface area contributed by atoms with Gasteiger partial charge < -0.3 is 4.74 Å². The Morgan fingerprint density at radius 2 is 2.37 bits per heavy atom. The Labute approximate surface area is 113 Å². The first-order valence-electron chi connectivity index (χ1n) is 5.87. The van der Waals surface area contributed by atoms with Crippen LogP contribution in [0.2, 0.25) is 0 Å². The van der Waals surface area contributed by atoms with E-state index in [2.05, 4.69) is 10.1 Å². The Balaban J connectivity index is 1.76. The van der Waals surface area contributed by atoms with Crippen molar-refractivity contribution < 1.29 is 9.53 Å². The van der Waals surface area contributed by atoms with Gasteiger partial charge in [0.15, 0.2) is 4.96 Å². The molecule has 0 radical (unpaired) electrons. The third kappa shape index (κ3) is 2.37. The third-order valence-electron chi connectivity index (χ3n) is 2.61. The standard InChI is InChI=1S/C12H12N4O2S/c1-2-18-11(17)9-5-13-16(6-9)8-10-7-15-3-4-19-12(15)14-10/h3-7H,2,8H2,1H3. The molecule has 19 heavy (non-hydrogen) atoms. The van der Waals surface area contributed by atoms with Crippen LogP contribution in [0.15, 0.2) is 30.2 Å².